The monoisotopic (exact) mass is 558 g/mol. The standard InChI is InChI=1S/2C17H13NO3/c2*1-20-14-9-7-12(8-10-14)11-15-17(19)21-16(18-15)13-5-3-2-4-6-13/h2*2-11H,1H3/b2*15-11-. The minimum absolute atomic E-state index is 0.291. The number of rotatable bonds is 6. The fourth-order valence-corrected chi connectivity index (χ4v) is 3.94. The van der Waals surface area contributed by atoms with Crippen molar-refractivity contribution in [3.8, 4) is 11.5 Å². The second-order valence-electron chi connectivity index (χ2n) is 8.95. The Bertz CT molecular complexity index is 1560. The summed E-state index contributed by atoms with van der Waals surface area (Å²) >= 11 is 0. The van der Waals surface area contributed by atoms with Gasteiger partial charge in [-0.05, 0) is 71.8 Å². The number of carbonyl (C=O) groups is 2. The molecule has 8 heteroatoms. The van der Waals surface area contributed by atoms with Crippen LogP contribution in [-0.2, 0) is 19.1 Å². The molecule has 0 saturated carbocycles. The number of carbonyl (C=O) groups excluding carboxylic acids is 2. The Morgan fingerprint density at radius 3 is 1.21 bits per heavy atom. The number of methoxy groups -OCH3 is 2. The molecule has 6 rings (SSSR count). The maximum absolute atomic E-state index is 11.9. The highest BCUT2D eigenvalue weighted by Gasteiger charge is 2.24. The lowest BCUT2D eigenvalue weighted by Gasteiger charge is -1.99. The first kappa shape index (κ1) is 27.8. The summed E-state index contributed by atoms with van der Waals surface area (Å²) in [5.74, 6) is 1.31. The van der Waals surface area contributed by atoms with Gasteiger partial charge in [0.1, 0.15) is 11.5 Å². The van der Waals surface area contributed by atoms with E-state index in [1.807, 2.05) is 109 Å². The van der Waals surface area contributed by atoms with Crippen molar-refractivity contribution in [2.24, 2.45) is 9.98 Å². The second-order valence-corrected chi connectivity index (χ2v) is 8.95. The molecular weight excluding hydrogens is 532 g/mol. The minimum Gasteiger partial charge on any atom is -0.497 e. The molecule has 0 spiro atoms. The number of hydrogen-bond acceptors (Lipinski definition) is 8. The first-order valence-corrected chi connectivity index (χ1v) is 13.0. The number of aliphatic imine (C=N–C) groups is 2. The number of ether oxygens (including phenoxy) is 4. The predicted molar refractivity (Wildman–Crippen MR) is 160 cm³/mol. The van der Waals surface area contributed by atoms with Crippen LogP contribution in [-0.4, -0.2) is 38.0 Å². The summed E-state index contributed by atoms with van der Waals surface area (Å²) in [6.07, 6.45) is 3.38. The van der Waals surface area contributed by atoms with Gasteiger partial charge < -0.3 is 18.9 Å². The zero-order valence-electron chi connectivity index (χ0n) is 22.9. The van der Waals surface area contributed by atoms with Crippen LogP contribution in [0.3, 0.4) is 0 Å². The van der Waals surface area contributed by atoms with Gasteiger partial charge in [0.25, 0.3) is 0 Å². The number of nitrogens with zero attached hydrogens (tertiary/aromatic N) is 2. The second kappa shape index (κ2) is 13.1. The van der Waals surface area contributed by atoms with E-state index in [-0.39, 0.29) is 0 Å². The SMILES string of the molecule is COc1ccc(/C=C2\N=C(c3ccccc3)OC2=O)cc1.COc1ccc(/C=C2\N=C(c3ccccc3)OC2=O)cc1. The lowest BCUT2D eigenvalue weighted by Crippen LogP contribution is -2.04. The zero-order chi connectivity index (χ0) is 29.3. The molecule has 4 aromatic carbocycles. The number of benzene rings is 4. The fraction of sp³-hybridized carbons (Fsp3) is 0.0588. The highest BCUT2D eigenvalue weighted by Crippen LogP contribution is 2.22. The van der Waals surface area contributed by atoms with Crippen LogP contribution < -0.4 is 9.47 Å². The van der Waals surface area contributed by atoms with Gasteiger partial charge in [-0.25, -0.2) is 19.6 Å². The van der Waals surface area contributed by atoms with Crippen LogP contribution in [0, 0.1) is 0 Å². The van der Waals surface area contributed by atoms with Gasteiger partial charge in [-0.15, -0.1) is 0 Å². The van der Waals surface area contributed by atoms with Gasteiger partial charge in [0, 0.05) is 11.1 Å². The fourth-order valence-electron chi connectivity index (χ4n) is 3.94. The van der Waals surface area contributed by atoms with Crippen LogP contribution in [0.5, 0.6) is 11.5 Å². The van der Waals surface area contributed by atoms with E-state index < -0.39 is 11.9 Å². The Balaban J connectivity index is 0.000000168. The molecule has 0 unspecified atom stereocenters. The molecular formula is C34H26N2O6. The minimum atomic E-state index is -0.440. The highest BCUT2D eigenvalue weighted by atomic mass is 16.6. The molecule has 0 bridgehead atoms. The largest absolute Gasteiger partial charge is 0.497 e. The quantitative estimate of drug-likeness (QED) is 0.210. The van der Waals surface area contributed by atoms with E-state index in [2.05, 4.69) is 9.98 Å². The Morgan fingerprint density at radius 2 is 0.881 bits per heavy atom. The van der Waals surface area contributed by atoms with Crippen LogP contribution in [0.1, 0.15) is 22.3 Å². The van der Waals surface area contributed by atoms with Crippen LogP contribution in [0.2, 0.25) is 0 Å². The Hall–Kier alpha value is -5.76. The average Bonchev–Trinajstić information content (AvgIpc) is 3.60. The van der Waals surface area contributed by atoms with Crippen LogP contribution in [0.15, 0.2) is 131 Å². The first-order valence-electron chi connectivity index (χ1n) is 13.0. The van der Waals surface area contributed by atoms with Gasteiger partial charge in [-0.1, -0.05) is 60.7 Å². The first-order chi connectivity index (χ1) is 20.5. The molecule has 0 saturated heterocycles. The summed E-state index contributed by atoms with van der Waals surface area (Å²) in [4.78, 5) is 32.2. The van der Waals surface area contributed by atoms with Gasteiger partial charge in [-0.2, -0.15) is 0 Å². The number of esters is 2. The van der Waals surface area contributed by atoms with E-state index in [1.54, 1.807) is 26.4 Å². The Morgan fingerprint density at radius 1 is 0.524 bits per heavy atom. The van der Waals surface area contributed by atoms with Crippen molar-refractivity contribution in [2.75, 3.05) is 14.2 Å². The molecule has 8 nitrogen and oxygen atoms in total. The third kappa shape index (κ3) is 6.86. The summed E-state index contributed by atoms with van der Waals surface area (Å²) in [5.41, 5.74) is 3.87. The van der Waals surface area contributed by atoms with E-state index in [0.717, 1.165) is 33.8 Å². The van der Waals surface area contributed by atoms with Crippen molar-refractivity contribution in [3.63, 3.8) is 0 Å². The van der Waals surface area contributed by atoms with E-state index in [9.17, 15) is 9.59 Å². The van der Waals surface area contributed by atoms with E-state index in [4.69, 9.17) is 18.9 Å². The summed E-state index contributed by atoms with van der Waals surface area (Å²) in [7, 11) is 3.22. The smallest absolute Gasteiger partial charge is 0.363 e. The number of cyclic esters (lactones) is 2. The highest BCUT2D eigenvalue weighted by molar-refractivity contribution is 6.13. The van der Waals surface area contributed by atoms with Crippen LogP contribution in [0.4, 0.5) is 0 Å². The normalized spacial score (nSPS) is 15.8. The molecule has 0 fully saturated rings. The van der Waals surface area contributed by atoms with Gasteiger partial charge in [0.15, 0.2) is 11.4 Å². The summed E-state index contributed by atoms with van der Waals surface area (Å²) in [5, 5.41) is 0. The van der Waals surface area contributed by atoms with E-state index in [0.29, 0.717) is 23.2 Å². The van der Waals surface area contributed by atoms with Crippen LogP contribution in [0.25, 0.3) is 12.2 Å². The van der Waals surface area contributed by atoms with Gasteiger partial charge in [0.2, 0.25) is 11.8 Å². The Kier molecular flexibility index (Phi) is 8.64. The molecule has 208 valence electrons. The molecule has 42 heavy (non-hydrogen) atoms. The molecule has 2 aliphatic rings. The summed E-state index contributed by atoms with van der Waals surface area (Å²) in [6, 6.07) is 33.4. The topological polar surface area (TPSA) is 95.8 Å². The van der Waals surface area contributed by atoms with Gasteiger partial charge in [-0.3, -0.25) is 0 Å². The molecule has 0 atom stereocenters. The average molecular weight is 559 g/mol. The maximum Gasteiger partial charge on any atom is 0.363 e. The van der Waals surface area contributed by atoms with Crippen LogP contribution >= 0.6 is 0 Å². The van der Waals surface area contributed by atoms with Crippen molar-refractivity contribution in [3.05, 3.63) is 143 Å². The lowest BCUT2D eigenvalue weighted by molar-refractivity contribution is -0.130. The van der Waals surface area contributed by atoms with Crippen molar-refractivity contribution in [2.45, 2.75) is 0 Å². The molecule has 0 aromatic heterocycles. The molecule has 2 heterocycles. The van der Waals surface area contributed by atoms with Gasteiger partial charge >= 0.3 is 11.9 Å². The van der Waals surface area contributed by atoms with Crippen molar-refractivity contribution in [1.29, 1.82) is 0 Å². The van der Waals surface area contributed by atoms with Gasteiger partial charge in [0.05, 0.1) is 14.2 Å². The predicted octanol–water partition coefficient (Wildman–Crippen LogP) is 6.08. The third-order valence-corrected chi connectivity index (χ3v) is 6.12. The third-order valence-electron chi connectivity index (χ3n) is 6.12. The number of hydrogen-bond donors (Lipinski definition) is 0. The molecule has 0 radical (unpaired) electrons. The molecule has 0 aliphatic carbocycles. The molecule has 2 aliphatic heterocycles. The zero-order valence-corrected chi connectivity index (χ0v) is 22.9. The summed E-state index contributed by atoms with van der Waals surface area (Å²) < 4.78 is 20.6. The lowest BCUT2D eigenvalue weighted by atomic mass is 10.2. The van der Waals surface area contributed by atoms with E-state index >= 15 is 0 Å². The molecule has 0 N–H and O–H groups in total. The van der Waals surface area contributed by atoms with Crippen molar-refractivity contribution in [1.82, 2.24) is 0 Å². The maximum atomic E-state index is 11.9. The summed E-state index contributed by atoms with van der Waals surface area (Å²) in [6.45, 7) is 0. The van der Waals surface area contributed by atoms with Crippen molar-refractivity contribution >= 4 is 35.9 Å². The molecule has 4 aromatic rings. The molecule has 0 amide bonds. The van der Waals surface area contributed by atoms with E-state index in [1.165, 1.54) is 0 Å². The van der Waals surface area contributed by atoms with Crippen molar-refractivity contribution < 1.29 is 28.5 Å². The Labute approximate surface area is 242 Å².